The molecule has 1 aliphatic heterocycles. The molecular formula is C17H14N4O. The molecule has 4 rings (SSSR count). The van der Waals surface area contributed by atoms with Gasteiger partial charge in [0.25, 0.3) is 0 Å². The van der Waals surface area contributed by atoms with Crippen LogP contribution in [-0.2, 0) is 18.4 Å². The monoisotopic (exact) mass is 290 g/mol. The van der Waals surface area contributed by atoms with Crippen molar-refractivity contribution in [1.82, 2.24) is 15.0 Å². The number of rotatable bonds is 1. The van der Waals surface area contributed by atoms with Crippen LogP contribution in [0.4, 0.5) is 5.69 Å². The van der Waals surface area contributed by atoms with Crippen molar-refractivity contribution in [3.8, 4) is 22.5 Å². The summed E-state index contributed by atoms with van der Waals surface area (Å²) in [4.78, 5) is 13.3. The lowest BCUT2D eigenvalue weighted by molar-refractivity contribution is -0.107. The molecule has 1 aliphatic rings. The van der Waals surface area contributed by atoms with Gasteiger partial charge in [-0.25, -0.2) is 4.68 Å². The van der Waals surface area contributed by atoms with Crippen LogP contribution in [0.1, 0.15) is 5.56 Å². The molecule has 0 saturated carbocycles. The molecule has 1 amide bonds. The molecule has 2 aromatic carbocycles. The van der Waals surface area contributed by atoms with Gasteiger partial charge in [0.15, 0.2) is 0 Å². The number of carbonyl (C=O) groups excluding carboxylic acids is 1. The predicted molar refractivity (Wildman–Crippen MR) is 84.1 cm³/mol. The van der Waals surface area contributed by atoms with Crippen molar-refractivity contribution in [2.24, 2.45) is 7.05 Å². The Kier molecular flexibility index (Phi) is 2.79. The SMILES string of the molecule is Cn1nnc2c1-c1ccccc1CN(C=O)c1ccccc1-2. The Balaban J connectivity index is 2.11. The van der Waals surface area contributed by atoms with Crippen LogP contribution >= 0.6 is 0 Å². The third-order valence-electron chi connectivity index (χ3n) is 4.04. The second-order valence-electron chi connectivity index (χ2n) is 5.32. The van der Waals surface area contributed by atoms with Crippen molar-refractivity contribution >= 4 is 12.1 Å². The van der Waals surface area contributed by atoms with Crippen LogP contribution in [0.2, 0.25) is 0 Å². The lowest BCUT2D eigenvalue weighted by Gasteiger charge is -2.24. The van der Waals surface area contributed by atoms with E-state index in [0.29, 0.717) is 6.54 Å². The quantitative estimate of drug-likeness (QED) is 0.647. The first-order chi connectivity index (χ1) is 10.8. The Bertz CT molecular complexity index is 869. The van der Waals surface area contributed by atoms with Gasteiger partial charge < -0.3 is 4.90 Å². The van der Waals surface area contributed by atoms with Crippen molar-refractivity contribution < 1.29 is 4.79 Å². The summed E-state index contributed by atoms with van der Waals surface area (Å²) in [6.07, 6.45) is 0.872. The summed E-state index contributed by atoms with van der Waals surface area (Å²) in [6.45, 7) is 0.529. The molecule has 2 heterocycles. The van der Waals surface area contributed by atoms with Gasteiger partial charge in [-0.3, -0.25) is 4.79 Å². The number of benzene rings is 2. The van der Waals surface area contributed by atoms with Crippen LogP contribution in [0.25, 0.3) is 22.5 Å². The number of aromatic nitrogens is 3. The van der Waals surface area contributed by atoms with Crippen LogP contribution in [0.15, 0.2) is 48.5 Å². The summed E-state index contributed by atoms with van der Waals surface area (Å²) in [7, 11) is 1.89. The normalized spacial score (nSPS) is 12.7. The minimum atomic E-state index is 0.529. The lowest BCUT2D eigenvalue weighted by atomic mass is 9.96. The fraction of sp³-hybridized carbons (Fsp3) is 0.118. The number of anilines is 1. The Morgan fingerprint density at radius 3 is 2.59 bits per heavy atom. The molecule has 0 unspecified atom stereocenters. The maximum atomic E-state index is 11.6. The van der Waals surface area contributed by atoms with Gasteiger partial charge in [-0.05, 0) is 11.6 Å². The Hall–Kier alpha value is -2.95. The molecule has 0 spiro atoms. The highest BCUT2D eigenvalue weighted by Crippen LogP contribution is 2.39. The van der Waals surface area contributed by atoms with Crippen molar-refractivity contribution in [3.05, 3.63) is 54.1 Å². The molecule has 0 saturated heterocycles. The van der Waals surface area contributed by atoms with Crippen LogP contribution in [0.5, 0.6) is 0 Å². The van der Waals surface area contributed by atoms with Gasteiger partial charge in [-0.2, -0.15) is 0 Å². The zero-order valence-corrected chi connectivity index (χ0v) is 12.1. The molecular weight excluding hydrogens is 276 g/mol. The van der Waals surface area contributed by atoms with Crippen LogP contribution in [0.3, 0.4) is 0 Å². The van der Waals surface area contributed by atoms with Crippen LogP contribution in [-0.4, -0.2) is 21.4 Å². The highest BCUT2D eigenvalue weighted by molar-refractivity contribution is 5.92. The first-order valence-electron chi connectivity index (χ1n) is 7.09. The number of para-hydroxylation sites is 1. The van der Waals surface area contributed by atoms with Gasteiger partial charge in [0.1, 0.15) is 5.69 Å². The molecule has 3 aromatic rings. The first-order valence-corrected chi connectivity index (χ1v) is 7.09. The summed E-state index contributed by atoms with van der Waals surface area (Å²) in [6, 6.07) is 15.9. The summed E-state index contributed by atoms with van der Waals surface area (Å²) in [5, 5.41) is 8.53. The minimum absolute atomic E-state index is 0.529. The van der Waals surface area contributed by atoms with Crippen molar-refractivity contribution in [2.75, 3.05) is 4.90 Å². The summed E-state index contributed by atoms with van der Waals surface area (Å²) in [5.41, 5.74) is 5.70. The van der Waals surface area contributed by atoms with E-state index in [0.717, 1.165) is 40.2 Å². The second kappa shape index (κ2) is 4.80. The number of fused-ring (bicyclic) bond motifs is 5. The molecule has 0 fully saturated rings. The average Bonchev–Trinajstić information content (AvgIpc) is 2.92. The molecule has 22 heavy (non-hydrogen) atoms. The van der Waals surface area contributed by atoms with Crippen molar-refractivity contribution in [1.29, 1.82) is 0 Å². The number of aryl methyl sites for hydroxylation is 1. The van der Waals surface area contributed by atoms with Gasteiger partial charge in [-0.1, -0.05) is 47.7 Å². The standard InChI is InChI=1S/C17H14N4O/c1-20-17-13-7-3-2-6-12(13)10-21(11-22)15-9-5-4-8-14(15)16(17)18-19-20/h2-9,11H,10H2,1H3. The van der Waals surface area contributed by atoms with E-state index in [1.54, 1.807) is 9.58 Å². The summed E-state index contributed by atoms with van der Waals surface area (Å²) in [5.74, 6) is 0. The van der Waals surface area contributed by atoms with E-state index < -0.39 is 0 Å². The molecule has 108 valence electrons. The Labute approximate surface area is 127 Å². The highest BCUT2D eigenvalue weighted by Gasteiger charge is 2.24. The zero-order valence-electron chi connectivity index (χ0n) is 12.1. The lowest BCUT2D eigenvalue weighted by Crippen LogP contribution is -2.22. The third kappa shape index (κ3) is 1.75. The van der Waals surface area contributed by atoms with E-state index in [-0.39, 0.29) is 0 Å². The maximum absolute atomic E-state index is 11.6. The fourth-order valence-corrected chi connectivity index (χ4v) is 3.02. The highest BCUT2D eigenvalue weighted by atomic mass is 16.1. The van der Waals surface area contributed by atoms with E-state index in [1.165, 1.54) is 0 Å². The number of hydrogen-bond acceptors (Lipinski definition) is 3. The summed E-state index contributed by atoms with van der Waals surface area (Å²) < 4.78 is 1.79. The van der Waals surface area contributed by atoms with Gasteiger partial charge in [0.05, 0.1) is 17.9 Å². The van der Waals surface area contributed by atoms with E-state index in [4.69, 9.17) is 0 Å². The molecule has 0 radical (unpaired) electrons. The second-order valence-corrected chi connectivity index (χ2v) is 5.32. The average molecular weight is 290 g/mol. The fourth-order valence-electron chi connectivity index (χ4n) is 3.02. The van der Waals surface area contributed by atoms with Gasteiger partial charge >= 0.3 is 0 Å². The molecule has 5 nitrogen and oxygen atoms in total. The predicted octanol–water partition coefficient (Wildman–Crippen LogP) is 2.63. The Morgan fingerprint density at radius 1 is 1.05 bits per heavy atom. The van der Waals surface area contributed by atoms with Crippen LogP contribution in [0, 0.1) is 0 Å². The molecule has 0 bridgehead atoms. The number of nitrogens with zero attached hydrogens (tertiary/aromatic N) is 4. The Morgan fingerprint density at radius 2 is 1.77 bits per heavy atom. The van der Waals surface area contributed by atoms with E-state index in [2.05, 4.69) is 16.4 Å². The topological polar surface area (TPSA) is 51.0 Å². The van der Waals surface area contributed by atoms with E-state index >= 15 is 0 Å². The molecule has 1 aromatic heterocycles. The molecule has 0 aliphatic carbocycles. The van der Waals surface area contributed by atoms with E-state index in [1.807, 2.05) is 49.5 Å². The van der Waals surface area contributed by atoms with Gasteiger partial charge in [-0.15, -0.1) is 5.10 Å². The first kappa shape index (κ1) is 12.8. The zero-order chi connectivity index (χ0) is 15.1. The van der Waals surface area contributed by atoms with E-state index in [9.17, 15) is 4.79 Å². The van der Waals surface area contributed by atoms with Crippen molar-refractivity contribution in [3.63, 3.8) is 0 Å². The number of amides is 1. The maximum Gasteiger partial charge on any atom is 0.214 e. The largest absolute Gasteiger partial charge is 0.310 e. The van der Waals surface area contributed by atoms with Gasteiger partial charge in [0.2, 0.25) is 6.41 Å². The minimum Gasteiger partial charge on any atom is -0.310 e. The summed E-state index contributed by atoms with van der Waals surface area (Å²) >= 11 is 0. The van der Waals surface area contributed by atoms with Crippen LogP contribution < -0.4 is 4.90 Å². The van der Waals surface area contributed by atoms with Crippen molar-refractivity contribution in [2.45, 2.75) is 6.54 Å². The third-order valence-corrected chi connectivity index (χ3v) is 4.04. The molecule has 5 heteroatoms. The number of hydrogen-bond donors (Lipinski definition) is 0. The van der Waals surface area contributed by atoms with Gasteiger partial charge in [0, 0.05) is 18.2 Å². The molecule has 0 N–H and O–H groups in total. The smallest absolute Gasteiger partial charge is 0.214 e. The number of carbonyl (C=O) groups is 1. The molecule has 0 atom stereocenters.